The molecule has 2 bridgehead atoms. The highest BCUT2D eigenvalue weighted by molar-refractivity contribution is 7.11. The van der Waals surface area contributed by atoms with E-state index in [1.54, 1.807) is 24.3 Å². The van der Waals surface area contributed by atoms with Gasteiger partial charge < -0.3 is 19.1 Å². The minimum absolute atomic E-state index is 0.122. The van der Waals surface area contributed by atoms with Gasteiger partial charge in [0.15, 0.2) is 0 Å². The molecule has 0 aliphatic carbocycles. The third kappa shape index (κ3) is 5.87. The lowest BCUT2D eigenvalue weighted by molar-refractivity contribution is -0.961. The minimum Gasteiger partial charge on any atom is -0.466 e. The smallest absolute Gasteiger partial charge is 0.347 e. The number of hydrogen-bond acceptors (Lipinski definition) is 6. The van der Waals surface area contributed by atoms with Gasteiger partial charge in [-0.2, -0.15) is 0 Å². The van der Waals surface area contributed by atoms with Crippen LogP contribution in [0.25, 0.3) is 0 Å². The topological polar surface area (TPSA) is 72.8 Å². The number of nitrogens with zero attached hydrogens (tertiary/aromatic N) is 1. The Balaban J connectivity index is 1.23. The molecule has 7 heteroatoms. The standard InChI is InChI=1S/C33H40NO5S/c1-3-38-31(35)16-10-15-29-19-20-30(40-29)23-34(2)26-17-18-27(34)22-28(21-26)39-32(36)33(37,24-11-6-4-7-12-24)25-13-8-5-9-14-25/h4-9,11-14,19-20,26-28,37H,3,10,15-18,21-23H2,1-2H3/q+1/t26-,27+,28?,34?. The molecule has 0 saturated carbocycles. The Morgan fingerprint density at radius 1 is 0.925 bits per heavy atom. The van der Waals surface area contributed by atoms with Crippen LogP contribution in [0.3, 0.4) is 0 Å². The van der Waals surface area contributed by atoms with Gasteiger partial charge in [-0.15, -0.1) is 11.3 Å². The summed E-state index contributed by atoms with van der Waals surface area (Å²) in [4.78, 5) is 28.0. The number of carbonyl (C=O) groups excluding carboxylic acids is 2. The zero-order valence-electron chi connectivity index (χ0n) is 23.5. The van der Waals surface area contributed by atoms with Gasteiger partial charge in [-0.1, -0.05) is 60.7 Å². The summed E-state index contributed by atoms with van der Waals surface area (Å²) in [5.74, 6) is -0.723. The molecule has 0 radical (unpaired) electrons. The predicted octanol–water partition coefficient (Wildman–Crippen LogP) is 5.75. The maximum atomic E-state index is 13.7. The van der Waals surface area contributed by atoms with Crippen molar-refractivity contribution in [2.45, 2.75) is 82.2 Å². The van der Waals surface area contributed by atoms with Crippen molar-refractivity contribution in [3.8, 4) is 0 Å². The van der Waals surface area contributed by atoms with Crippen LogP contribution in [0.1, 0.15) is 66.3 Å². The number of rotatable bonds is 11. The van der Waals surface area contributed by atoms with Crippen molar-refractivity contribution >= 4 is 23.3 Å². The average Bonchev–Trinajstić information content (AvgIpc) is 3.43. The molecule has 0 spiro atoms. The van der Waals surface area contributed by atoms with Gasteiger partial charge in [0.1, 0.15) is 12.6 Å². The van der Waals surface area contributed by atoms with Crippen molar-refractivity contribution in [1.29, 1.82) is 0 Å². The lowest BCUT2D eigenvalue weighted by atomic mass is 9.86. The maximum Gasteiger partial charge on any atom is 0.347 e. The van der Waals surface area contributed by atoms with Crippen LogP contribution in [-0.4, -0.2) is 53.4 Å². The SMILES string of the molecule is CCOC(=O)CCCc1ccc(C[N+]2(C)[C@@H]3CC[C@H]2CC(OC(=O)C(O)(c2ccccc2)c2ccccc2)C3)s1. The fraction of sp³-hybridized carbons (Fsp3) is 0.455. The number of esters is 2. The molecule has 2 aliphatic rings. The molecule has 1 N–H and O–H groups in total. The van der Waals surface area contributed by atoms with Gasteiger partial charge in [-0.25, -0.2) is 4.79 Å². The van der Waals surface area contributed by atoms with Crippen LogP contribution in [0, 0.1) is 0 Å². The summed E-state index contributed by atoms with van der Waals surface area (Å²) in [6, 6.07) is 23.4. The van der Waals surface area contributed by atoms with Gasteiger partial charge in [-0.05, 0) is 43.0 Å². The highest BCUT2D eigenvalue weighted by Crippen LogP contribution is 2.45. The molecule has 6 nitrogen and oxygen atoms in total. The first kappa shape index (κ1) is 28.5. The number of aliphatic hydroxyl groups is 1. The molecule has 2 unspecified atom stereocenters. The third-order valence-electron chi connectivity index (χ3n) is 8.85. The summed E-state index contributed by atoms with van der Waals surface area (Å²) in [6.45, 7) is 3.24. The molecule has 2 aromatic carbocycles. The van der Waals surface area contributed by atoms with Crippen LogP contribution in [0.15, 0.2) is 72.8 Å². The first-order valence-corrected chi connectivity index (χ1v) is 15.3. The fourth-order valence-electron chi connectivity index (χ4n) is 6.66. The molecule has 212 valence electrons. The number of benzene rings is 2. The molecule has 5 rings (SSSR count). The first-order valence-electron chi connectivity index (χ1n) is 14.5. The van der Waals surface area contributed by atoms with E-state index in [-0.39, 0.29) is 12.1 Å². The molecule has 2 fully saturated rings. The quantitative estimate of drug-likeness (QED) is 0.238. The van der Waals surface area contributed by atoms with E-state index >= 15 is 0 Å². The summed E-state index contributed by atoms with van der Waals surface area (Å²) in [5, 5.41) is 11.8. The second-order valence-electron chi connectivity index (χ2n) is 11.4. The highest BCUT2D eigenvalue weighted by Gasteiger charge is 2.53. The van der Waals surface area contributed by atoms with E-state index in [4.69, 9.17) is 9.47 Å². The second-order valence-corrected chi connectivity index (χ2v) is 12.6. The van der Waals surface area contributed by atoms with E-state index in [0.29, 0.717) is 36.2 Å². The van der Waals surface area contributed by atoms with Gasteiger partial charge in [0.25, 0.3) is 0 Å². The van der Waals surface area contributed by atoms with E-state index < -0.39 is 11.6 Å². The van der Waals surface area contributed by atoms with Crippen molar-refractivity contribution < 1.29 is 28.7 Å². The van der Waals surface area contributed by atoms with E-state index in [1.807, 2.05) is 54.7 Å². The minimum atomic E-state index is -1.85. The maximum absolute atomic E-state index is 13.7. The predicted molar refractivity (Wildman–Crippen MR) is 156 cm³/mol. The van der Waals surface area contributed by atoms with Crippen LogP contribution >= 0.6 is 11.3 Å². The molecule has 4 atom stereocenters. The van der Waals surface area contributed by atoms with Crippen molar-refractivity contribution in [1.82, 2.24) is 0 Å². The molecule has 2 aliphatic heterocycles. The molecular weight excluding hydrogens is 522 g/mol. The van der Waals surface area contributed by atoms with Crippen LogP contribution < -0.4 is 0 Å². The van der Waals surface area contributed by atoms with Gasteiger partial charge >= 0.3 is 11.9 Å². The van der Waals surface area contributed by atoms with Crippen molar-refractivity contribution in [3.05, 3.63) is 93.7 Å². The molecule has 0 amide bonds. The Morgan fingerprint density at radius 3 is 2.08 bits per heavy atom. The zero-order chi connectivity index (χ0) is 28.2. The van der Waals surface area contributed by atoms with E-state index in [9.17, 15) is 14.7 Å². The molecular formula is C33H40NO5S+. The van der Waals surface area contributed by atoms with Crippen LogP contribution in [-0.2, 0) is 37.6 Å². The number of fused-ring (bicyclic) bond motifs is 2. The van der Waals surface area contributed by atoms with E-state index in [1.165, 1.54) is 9.75 Å². The molecule has 3 heterocycles. The lowest BCUT2D eigenvalue weighted by Gasteiger charge is -2.47. The number of quaternary nitrogens is 1. The summed E-state index contributed by atoms with van der Waals surface area (Å²) in [7, 11) is 2.35. The van der Waals surface area contributed by atoms with Crippen molar-refractivity contribution in [2.75, 3.05) is 13.7 Å². The third-order valence-corrected chi connectivity index (χ3v) is 9.98. The number of thiophene rings is 1. The van der Waals surface area contributed by atoms with Crippen molar-refractivity contribution in [2.24, 2.45) is 0 Å². The highest BCUT2D eigenvalue weighted by atomic mass is 32.1. The van der Waals surface area contributed by atoms with Crippen molar-refractivity contribution in [3.63, 3.8) is 0 Å². The lowest BCUT2D eigenvalue weighted by Crippen LogP contribution is -2.58. The number of aryl methyl sites for hydroxylation is 1. The Labute approximate surface area is 241 Å². The summed E-state index contributed by atoms with van der Waals surface area (Å²) in [5.41, 5.74) is -0.819. The normalized spacial score (nSPS) is 24.0. The van der Waals surface area contributed by atoms with Gasteiger partial charge in [0.05, 0.1) is 30.6 Å². The Hall–Kier alpha value is -3.00. The first-order chi connectivity index (χ1) is 19.3. The number of piperidine rings is 1. The van der Waals surface area contributed by atoms with Crippen LogP contribution in [0.2, 0.25) is 0 Å². The van der Waals surface area contributed by atoms with Crippen LogP contribution in [0.4, 0.5) is 0 Å². The van der Waals surface area contributed by atoms with E-state index in [2.05, 4.69) is 19.2 Å². The largest absolute Gasteiger partial charge is 0.466 e. The number of hydrogen-bond donors (Lipinski definition) is 1. The summed E-state index contributed by atoms with van der Waals surface area (Å²) in [6.07, 6.45) is 5.79. The number of ether oxygens (including phenoxy) is 2. The fourth-order valence-corrected chi connectivity index (χ4v) is 7.86. The summed E-state index contributed by atoms with van der Waals surface area (Å²) < 4.78 is 12.2. The molecule has 1 aromatic heterocycles. The Bertz CT molecular complexity index is 1240. The monoisotopic (exact) mass is 562 g/mol. The Kier molecular flexibility index (Phi) is 8.74. The average molecular weight is 563 g/mol. The van der Waals surface area contributed by atoms with Crippen LogP contribution in [0.5, 0.6) is 0 Å². The van der Waals surface area contributed by atoms with Gasteiger partial charge in [0, 0.05) is 37.0 Å². The van der Waals surface area contributed by atoms with Gasteiger partial charge in [0.2, 0.25) is 5.60 Å². The number of carbonyl (C=O) groups is 2. The molecule has 2 saturated heterocycles. The zero-order valence-corrected chi connectivity index (χ0v) is 24.3. The molecule has 40 heavy (non-hydrogen) atoms. The second kappa shape index (κ2) is 12.2. The van der Waals surface area contributed by atoms with Gasteiger partial charge in [-0.3, -0.25) is 4.79 Å². The van der Waals surface area contributed by atoms with E-state index in [0.717, 1.165) is 49.6 Å². The molecule has 3 aromatic rings. The Morgan fingerprint density at radius 2 is 1.50 bits per heavy atom. The summed E-state index contributed by atoms with van der Waals surface area (Å²) >= 11 is 1.85.